The van der Waals surface area contributed by atoms with Crippen molar-refractivity contribution in [2.24, 2.45) is 5.14 Å². The van der Waals surface area contributed by atoms with Gasteiger partial charge in [-0.05, 0) is 30.7 Å². The average Bonchev–Trinajstić information content (AvgIpc) is 2.01. The number of halogens is 2. The highest BCUT2D eigenvalue weighted by Crippen LogP contribution is 2.30. The van der Waals surface area contributed by atoms with Gasteiger partial charge in [-0.15, -0.1) is 0 Å². The number of primary sulfonamides is 1. The van der Waals surface area contributed by atoms with Gasteiger partial charge in [0.25, 0.3) is 0 Å². The van der Waals surface area contributed by atoms with Crippen molar-refractivity contribution in [3.63, 3.8) is 0 Å². The molecule has 0 saturated carbocycles. The molecule has 1 aromatic rings. The first-order valence-corrected chi connectivity index (χ1v) is 7.04. The van der Waals surface area contributed by atoms with Gasteiger partial charge in [0, 0.05) is 9.30 Å². The lowest BCUT2D eigenvalue weighted by molar-refractivity contribution is 0.596. The Morgan fingerprint density at radius 2 is 2.00 bits per heavy atom. The topological polar surface area (TPSA) is 60.2 Å². The van der Waals surface area contributed by atoms with Gasteiger partial charge >= 0.3 is 0 Å². The number of rotatable bonds is 2. The number of hydrogen-bond acceptors (Lipinski definition) is 2. The molecular weight excluding hydrogens is 334 g/mol. The molecule has 0 aliphatic rings. The minimum atomic E-state index is -3.65. The third-order valence-corrected chi connectivity index (χ3v) is 3.68. The number of nitrogens with two attached hydrogens (primary N) is 1. The fourth-order valence-electron chi connectivity index (χ4n) is 1.09. The lowest BCUT2D eigenvalue weighted by atomic mass is 10.2. The van der Waals surface area contributed by atoms with Crippen molar-refractivity contribution in [3.05, 3.63) is 28.2 Å². The Hall–Kier alpha value is 0.0900. The SMILES string of the molecule is CC(Br)c1cc(Br)ccc1S(N)(=O)=O. The van der Waals surface area contributed by atoms with Gasteiger partial charge in [-0.3, -0.25) is 0 Å². The van der Waals surface area contributed by atoms with Crippen molar-refractivity contribution in [1.29, 1.82) is 0 Å². The highest BCUT2D eigenvalue weighted by atomic mass is 79.9. The van der Waals surface area contributed by atoms with E-state index in [-0.39, 0.29) is 9.72 Å². The van der Waals surface area contributed by atoms with Crippen LogP contribution in [0.2, 0.25) is 0 Å². The Balaban J connectivity index is 3.45. The fourth-order valence-corrected chi connectivity index (χ4v) is 2.82. The smallest absolute Gasteiger partial charge is 0.225 e. The predicted octanol–water partition coefficient (Wildman–Crippen LogP) is 2.55. The summed E-state index contributed by atoms with van der Waals surface area (Å²) in [4.78, 5) is 0.0957. The lowest BCUT2D eigenvalue weighted by Gasteiger charge is -2.09. The minimum absolute atomic E-state index is 0.0617. The first-order valence-electron chi connectivity index (χ1n) is 3.78. The molecule has 0 aromatic heterocycles. The van der Waals surface area contributed by atoms with Gasteiger partial charge in [-0.25, -0.2) is 13.6 Å². The molecule has 1 rings (SSSR count). The Morgan fingerprint density at radius 3 is 2.43 bits per heavy atom. The van der Waals surface area contributed by atoms with Crippen LogP contribution in [0.15, 0.2) is 27.6 Å². The van der Waals surface area contributed by atoms with Gasteiger partial charge in [-0.2, -0.15) is 0 Å². The summed E-state index contributed by atoms with van der Waals surface area (Å²) in [6, 6.07) is 4.88. The van der Waals surface area contributed by atoms with Gasteiger partial charge in [-0.1, -0.05) is 31.9 Å². The van der Waals surface area contributed by atoms with Crippen molar-refractivity contribution in [3.8, 4) is 0 Å². The molecule has 0 heterocycles. The van der Waals surface area contributed by atoms with Crippen LogP contribution in [0.5, 0.6) is 0 Å². The summed E-state index contributed by atoms with van der Waals surface area (Å²) in [5.74, 6) is 0. The molecule has 0 aliphatic heterocycles. The van der Waals surface area contributed by atoms with Gasteiger partial charge in [0.1, 0.15) is 0 Å². The Bertz CT molecular complexity index is 443. The van der Waals surface area contributed by atoms with E-state index in [1.165, 1.54) is 6.07 Å². The number of alkyl halides is 1. The molecule has 0 aliphatic carbocycles. The molecule has 0 amide bonds. The maximum atomic E-state index is 11.2. The molecule has 6 heteroatoms. The third-order valence-electron chi connectivity index (χ3n) is 1.71. The summed E-state index contributed by atoms with van der Waals surface area (Å²) in [6.07, 6.45) is 0. The number of benzene rings is 1. The van der Waals surface area contributed by atoms with Crippen LogP contribution in [0.1, 0.15) is 17.3 Å². The quantitative estimate of drug-likeness (QED) is 0.839. The van der Waals surface area contributed by atoms with Crippen molar-refractivity contribution in [2.45, 2.75) is 16.6 Å². The summed E-state index contributed by atoms with van der Waals surface area (Å²) in [6.45, 7) is 1.84. The highest BCUT2D eigenvalue weighted by Gasteiger charge is 2.16. The normalized spacial score (nSPS) is 14.0. The summed E-state index contributed by atoms with van der Waals surface area (Å²) in [7, 11) is -3.65. The van der Waals surface area contributed by atoms with E-state index in [2.05, 4.69) is 31.9 Å². The predicted molar refractivity (Wildman–Crippen MR) is 62.9 cm³/mol. The maximum Gasteiger partial charge on any atom is 0.238 e. The molecule has 0 saturated heterocycles. The second-order valence-electron chi connectivity index (χ2n) is 2.84. The molecule has 0 spiro atoms. The van der Waals surface area contributed by atoms with Crippen LogP contribution in [-0.4, -0.2) is 8.42 Å². The van der Waals surface area contributed by atoms with E-state index < -0.39 is 10.0 Å². The molecule has 1 unspecified atom stereocenters. The summed E-state index contributed by atoms with van der Waals surface area (Å²) in [5.41, 5.74) is 0.655. The molecule has 0 fully saturated rings. The molecular formula is C8H9Br2NO2S. The minimum Gasteiger partial charge on any atom is -0.225 e. The molecule has 2 N–H and O–H groups in total. The molecule has 3 nitrogen and oxygen atoms in total. The van der Waals surface area contributed by atoms with Crippen molar-refractivity contribution in [1.82, 2.24) is 0 Å². The van der Waals surface area contributed by atoms with E-state index in [0.717, 1.165) is 4.47 Å². The van der Waals surface area contributed by atoms with E-state index in [9.17, 15) is 8.42 Å². The number of sulfonamides is 1. The van der Waals surface area contributed by atoms with Gasteiger partial charge in [0.15, 0.2) is 0 Å². The zero-order valence-electron chi connectivity index (χ0n) is 7.37. The van der Waals surface area contributed by atoms with Crippen LogP contribution in [0.3, 0.4) is 0 Å². The molecule has 0 radical (unpaired) electrons. The van der Waals surface area contributed by atoms with Crippen LogP contribution >= 0.6 is 31.9 Å². The highest BCUT2D eigenvalue weighted by molar-refractivity contribution is 9.10. The zero-order chi connectivity index (χ0) is 10.9. The lowest BCUT2D eigenvalue weighted by Crippen LogP contribution is -2.14. The summed E-state index contributed by atoms with van der Waals surface area (Å²) >= 11 is 6.59. The van der Waals surface area contributed by atoms with E-state index in [1.807, 2.05) is 6.92 Å². The second kappa shape index (κ2) is 4.30. The van der Waals surface area contributed by atoms with Crippen LogP contribution in [0.25, 0.3) is 0 Å². The molecule has 14 heavy (non-hydrogen) atoms. The van der Waals surface area contributed by atoms with Crippen LogP contribution < -0.4 is 5.14 Å². The third kappa shape index (κ3) is 2.79. The van der Waals surface area contributed by atoms with Crippen molar-refractivity contribution >= 4 is 41.9 Å². The van der Waals surface area contributed by atoms with Gasteiger partial charge in [0.2, 0.25) is 10.0 Å². The van der Waals surface area contributed by atoms with Crippen molar-refractivity contribution in [2.75, 3.05) is 0 Å². The molecule has 1 atom stereocenters. The summed E-state index contributed by atoms with van der Waals surface area (Å²) < 4.78 is 23.2. The van der Waals surface area contributed by atoms with Gasteiger partial charge in [0.05, 0.1) is 4.90 Å². The van der Waals surface area contributed by atoms with Gasteiger partial charge < -0.3 is 0 Å². The Labute approximate surface area is 100.0 Å². The standard InChI is InChI=1S/C8H9Br2NO2S/c1-5(9)7-4-6(10)2-3-8(7)14(11,12)13/h2-5H,1H3,(H2,11,12,13). The fraction of sp³-hybridized carbons (Fsp3) is 0.250. The molecule has 78 valence electrons. The Kier molecular flexibility index (Phi) is 3.74. The molecule has 1 aromatic carbocycles. The van der Waals surface area contributed by atoms with Crippen LogP contribution in [-0.2, 0) is 10.0 Å². The first kappa shape index (κ1) is 12.2. The van der Waals surface area contributed by atoms with E-state index in [1.54, 1.807) is 12.1 Å². The van der Waals surface area contributed by atoms with Crippen LogP contribution in [0.4, 0.5) is 0 Å². The number of hydrogen-bond donors (Lipinski definition) is 1. The second-order valence-corrected chi connectivity index (χ2v) is 6.66. The average molecular weight is 343 g/mol. The first-order chi connectivity index (χ1) is 6.32. The Morgan fingerprint density at radius 1 is 1.43 bits per heavy atom. The molecule has 0 bridgehead atoms. The van der Waals surface area contributed by atoms with E-state index >= 15 is 0 Å². The monoisotopic (exact) mass is 341 g/mol. The summed E-state index contributed by atoms with van der Waals surface area (Å²) in [5, 5.41) is 5.08. The largest absolute Gasteiger partial charge is 0.238 e. The van der Waals surface area contributed by atoms with E-state index in [4.69, 9.17) is 5.14 Å². The zero-order valence-corrected chi connectivity index (χ0v) is 11.4. The van der Waals surface area contributed by atoms with Crippen LogP contribution in [0, 0.1) is 0 Å². The van der Waals surface area contributed by atoms with Crippen molar-refractivity contribution < 1.29 is 8.42 Å². The van der Waals surface area contributed by atoms with E-state index in [0.29, 0.717) is 5.56 Å². The maximum absolute atomic E-state index is 11.2.